The molecule has 1 aliphatic heterocycles. The molecule has 0 bridgehead atoms. The molecule has 3 nitrogen and oxygen atoms in total. The van der Waals surface area contributed by atoms with Crippen molar-refractivity contribution >= 4 is 0 Å². The summed E-state index contributed by atoms with van der Waals surface area (Å²) in [5.74, 6) is 0. The summed E-state index contributed by atoms with van der Waals surface area (Å²) < 4.78 is 2.12. The topological polar surface area (TPSA) is 21.1 Å². The third kappa shape index (κ3) is 1.57. The summed E-state index contributed by atoms with van der Waals surface area (Å²) in [6.07, 6.45) is 1.90. The van der Waals surface area contributed by atoms with E-state index in [0.29, 0.717) is 6.04 Å². The van der Waals surface area contributed by atoms with Gasteiger partial charge in [-0.25, -0.2) is 0 Å². The van der Waals surface area contributed by atoms with E-state index >= 15 is 0 Å². The van der Waals surface area contributed by atoms with E-state index in [4.69, 9.17) is 0 Å². The molecule has 2 rings (SSSR count). The Hall–Kier alpha value is -0.830. The van der Waals surface area contributed by atoms with Gasteiger partial charge in [0.2, 0.25) is 0 Å². The molecule has 0 radical (unpaired) electrons. The first-order valence-electron chi connectivity index (χ1n) is 5.26. The summed E-state index contributed by atoms with van der Waals surface area (Å²) in [4.78, 5) is 2.53. The highest BCUT2D eigenvalue weighted by Crippen LogP contribution is 2.24. The first-order chi connectivity index (χ1) is 6.48. The monoisotopic (exact) mass is 193 g/mol. The number of nitrogens with zero attached hydrogens (tertiary/aromatic N) is 3. The van der Waals surface area contributed by atoms with Crippen LogP contribution in [0.3, 0.4) is 0 Å². The Morgan fingerprint density at radius 2 is 2.14 bits per heavy atom. The van der Waals surface area contributed by atoms with Crippen LogP contribution in [0.25, 0.3) is 0 Å². The Labute approximate surface area is 85.7 Å². The lowest BCUT2D eigenvalue weighted by Gasteiger charge is -2.43. The quantitative estimate of drug-likeness (QED) is 0.627. The molecule has 2 heterocycles. The highest BCUT2D eigenvalue weighted by Gasteiger charge is 2.30. The molecule has 14 heavy (non-hydrogen) atoms. The van der Waals surface area contributed by atoms with Crippen molar-refractivity contribution < 1.29 is 0 Å². The molecular formula is C11H19N3. The number of rotatable bonds is 0. The number of aromatic nitrogens is 2. The average Bonchev–Trinajstić information content (AvgIpc) is 2.47. The molecule has 1 aromatic heterocycles. The Kier molecular flexibility index (Phi) is 2.14. The minimum Gasteiger partial charge on any atom is -0.288 e. The van der Waals surface area contributed by atoms with Crippen LogP contribution in [0.1, 0.15) is 33.4 Å². The third-order valence-electron chi connectivity index (χ3n) is 2.97. The van der Waals surface area contributed by atoms with Crippen LogP contribution in [0.2, 0.25) is 0 Å². The van der Waals surface area contributed by atoms with E-state index in [0.717, 1.165) is 13.1 Å². The van der Waals surface area contributed by atoms with Crippen LogP contribution in [0.4, 0.5) is 0 Å². The van der Waals surface area contributed by atoms with Gasteiger partial charge in [-0.05, 0) is 33.8 Å². The maximum atomic E-state index is 4.31. The van der Waals surface area contributed by atoms with Crippen LogP contribution in [0.15, 0.2) is 12.3 Å². The summed E-state index contributed by atoms with van der Waals surface area (Å²) in [5, 5.41) is 4.31. The molecule has 0 aliphatic carbocycles. The molecule has 0 spiro atoms. The fraction of sp³-hybridized carbons (Fsp3) is 0.727. The standard InChI is InChI=1S/C11H19N3/c1-9-7-14-10(5-6-12-14)8-13(9)11(2,3)4/h5-6,9H,7-8H2,1-4H3/t9-/m0/s1. The van der Waals surface area contributed by atoms with Crippen molar-refractivity contribution in [3.05, 3.63) is 18.0 Å². The fourth-order valence-corrected chi connectivity index (χ4v) is 2.24. The van der Waals surface area contributed by atoms with Crippen LogP contribution < -0.4 is 0 Å². The molecule has 1 aliphatic rings. The van der Waals surface area contributed by atoms with Gasteiger partial charge in [-0.15, -0.1) is 0 Å². The second-order valence-corrected chi connectivity index (χ2v) is 5.15. The molecule has 0 amide bonds. The Morgan fingerprint density at radius 1 is 1.43 bits per heavy atom. The zero-order valence-corrected chi connectivity index (χ0v) is 9.49. The lowest BCUT2D eigenvalue weighted by molar-refractivity contribution is 0.0490. The van der Waals surface area contributed by atoms with Gasteiger partial charge in [-0.3, -0.25) is 9.58 Å². The van der Waals surface area contributed by atoms with Gasteiger partial charge >= 0.3 is 0 Å². The van der Waals surface area contributed by atoms with Crippen molar-refractivity contribution in [2.45, 2.75) is 52.4 Å². The highest BCUT2D eigenvalue weighted by atomic mass is 15.4. The first kappa shape index (κ1) is 9.71. The van der Waals surface area contributed by atoms with E-state index in [1.807, 2.05) is 6.20 Å². The molecule has 0 saturated carbocycles. The minimum atomic E-state index is 0.245. The molecule has 1 aromatic rings. The predicted molar refractivity (Wildman–Crippen MR) is 57.0 cm³/mol. The molecule has 0 aromatic carbocycles. The average molecular weight is 193 g/mol. The van der Waals surface area contributed by atoms with Gasteiger partial charge in [-0.2, -0.15) is 5.10 Å². The van der Waals surface area contributed by atoms with Crippen molar-refractivity contribution in [1.29, 1.82) is 0 Å². The Morgan fingerprint density at radius 3 is 2.79 bits per heavy atom. The van der Waals surface area contributed by atoms with E-state index in [1.165, 1.54) is 5.69 Å². The molecule has 1 atom stereocenters. The first-order valence-corrected chi connectivity index (χ1v) is 5.26. The van der Waals surface area contributed by atoms with Crippen LogP contribution >= 0.6 is 0 Å². The Bertz CT molecular complexity index is 322. The largest absolute Gasteiger partial charge is 0.288 e. The van der Waals surface area contributed by atoms with Gasteiger partial charge in [0.15, 0.2) is 0 Å². The van der Waals surface area contributed by atoms with Crippen molar-refractivity contribution in [3.63, 3.8) is 0 Å². The summed E-state index contributed by atoms with van der Waals surface area (Å²) in [5.41, 5.74) is 1.58. The number of hydrogen-bond acceptors (Lipinski definition) is 2. The molecule has 3 heteroatoms. The zero-order chi connectivity index (χ0) is 10.3. The summed E-state index contributed by atoms with van der Waals surface area (Å²) in [7, 11) is 0. The van der Waals surface area contributed by atoms with E-state index in [1.54, 1.807) is 0 Å². The number of fused-ring (bicyclic) bond motifs is 1. The van der Waals surface area contributed by atoms with Crippen molar-refractivity contribution in [2.75, 3.05) is 0 Å². The van der Waals surface area contributed by atoms with Gasteiger partial charge in [0.1, 0.15) is 0 Å². The van der Waals surface area contributed by atoms with Gasteiger partial charge in [0, 0.05) is 24.3 Å². The molecule has 78 valence electrons. The van der Waals surface area contributed by atoms with Crippen molar-refractivity contribution in [3.8, 4) is 0 Å². The second kappa shape index (κ2) is 3.09. The van der Waals surface area contributed by atoms with E-state index in [2.05, 4.69) is 48.4 Å². The predicted octanol–water partition coefficient (Wildman–Crippen LogP) is 1.89. The summed E-state index contributed by atoms with van der Waals surface area (Å²) in [6, 6.07) is 2.69. The molecule has 0 fully saturated rings. The minimum absolute atomic E-state index is 0.245. The van der Waals surface area contributed by atoms with Crippen LogP contribution in [-0.4, -0.2) is 26.3 Å². The van der Waals surface area contributed by atoms with E-state index in [9.17, 15) is 0 Å². The smallest absolute Gasteiger partial charge is 0.0566 e. The lowest BCUT2D eigenvalue weighted by Crippen LogP contribution is -2.51. The van der Waals surface area contributed by atoms with Crippen molar-refractivity contribution in [2.24, 2.45) is 0 Å². The van der Waals surface area contributed by atoms with E-state index < -0.39 is 0 Å². The van der Waals surface area contributed by atoms with Gasteiger partial charge in [-0.1, -0.05) is 0 Å². The molecule has 0 N–H and O–H groups in total. The van der Waals surface area contributed by atoms with Crippen molar-refractivity contribution in [1.82, 2.24) is 14.7 Å². The second-order valence-electron chi connectivity index (χ2n) is 5.15. The summed E-state index contributed by atoms with van der Waals surface area (Å²) in [6.45, 7) is 11.1. The fourth-order valence-electron chi connectivity index (χ4n) is 2.24. The maximum Gasteiger partial charge on any atom is 0.0566 e. The third-order valence-corrected chi connectivity index (χ3v) is 2.97. The normalized spacial score (nSPS) is 23.6. The SMILES string of the molecule is C[C@H]1Cn2nccc2CN1C(C)(C)C. The molecule has 0 unspecified atom stereocenters. The lowest BCUT2D eigenvalue weighted by atomic mass is 10.0. The van der Waals surface area contributed by atoms with Gasteiger partial charge < -0.3 is 0 Å². The van der Waals surface area contributed by atoms with Gasteiger partial charge in [0.05, 0.1) is 12.2 Å². The van der Waals surface area contributed by atoms with Gasteiger partial charge in [0.25, 0.3) is 0 Å². The highest BCUT2D eigenvalue weighted by molar-refractivity contribution is 5.05. The van der Waals surface area contributed by atoms with Crippen LogP contribution in [0.5, 0.6) is 0 Å². The maximum absolute atomic E-state index is 4.31. The van der Waals surface area contributed by atoms with E-state index in [-0.39, 0.29) is 5.54 Å². The Balaban J connectivity index is 2.26. The zero-order valence-electron chi connectivity index (χ0n) is 9.49. The summed E-state index contributed by atoms with van der Waals surface area (Å²) >= 11 is 0. The molecule has 0 saturated heterocycles. The molecular weight excluding hydrogens is 174 g/mol. The number of hydrogen-bond donors (Lipinski definition) is 0. The van der Waals surface area contributed by atoms with Crippen LogP contribution in [0, 0.1) is 0 Å². The van der Waals surface area contributed by atoms with Crippen LogP contribution in [-0.2, 0) is 13.1 Å².